The molecule has 0 saturated heterocycles. The zero-order valence-corrected chi connectivity index (χ0v) is 9.01. The molecule has 0 spiro atoms. The molecule has 2 heteroatoms. The van der Waals surface area contributed by atoms with E-state index in [0.717, 1.165) is 32.1 Å². The van der Waals surface area contributed by atoms with Gasteiger partial charge in [-0.05, 0) is 44.2 Å². The minimum Gasteiger partial charge on any atom is -0.381 e. The number of hydrogen-bond donors (Lipinski definition) is 1. The van der Waals surface area contributed by atoms with E-state index < -0.39 is 0 Å². The summed E-state index contributed by atoms with van der Waals surface area (Å²) in [6, 6.07) is 0. The molecule has 0 aliphatic heterocycles. The van der Waals surface area contributed by atoms with E-state index in [1.807, 2.05) is 0 Å². The molecule has 0 atom stereocenters. The van der Waals surface area contributed by atoms with Gasteiger partial charge in [-0.15, -0.1) is 0 Å². The van der Waals surface area contributed by atoms with Crippen LogP contribution in [0, 0.1) is 11.8 Å². The van der Waals surface area contributed by atoms with Gasteiger partial charge < -0.3 is 10.1 Å². The fourth-order valence-electron chi connectivity index (χ4n) is 1.25. The van der Waals surface area contributed by atoms with Gasteiger partial charge in [-0.2, -0.15) is 0 Å². The van der Waals surface area contributed by atoms with Crippen LogP contribution in [0.4, 0.5) is 0 Å². The van der Waals surface area contributed by atoms with Gasteiger partial charge in [0, 0.05) is 13.2 Å². The van der Waals surface area contributed by atoms with Crippen molar-refractivity contribution >= 4 is 0 Å². The summed E-state index contributed by atoms with van der Waals surface area (Å²) in [4.78, 5) is 0. The molecular formula is C11H23NO. The van der Waals surface area contributed by atoms with Crippen molar-refractivity contribution in [3.8, 4) is 0 Å². The normalized spacial score (nSPS) is 16.8. The molecule has 0 heterocycles. The molecule has 0 radical (unpaired) electrons. The van der Waals surface area contributed by atoms with Crippen LogP contribution in [0.25, 0.3) is 0 Å². The maximum absolute atomic E-state index is 5.48. The Labute approximate surface area is 82.0 Å². The summed E-state index contributed by atoms with van der Waals surface area (Å²) in [5.41, 5.74) is 0. The van der Waals surface area contributed by atoms with Crippen LogP contribution in [-0.4, -0.2) is 26.3 Å². The predicted octanol–water partition coefficient (Wildman–Crippen LogP) is 2.05. The number of hydrogen-bond acceptors (Lipinski definition) is 2. The largest absolute Gasteiger partial charge is 0.381 e. The van der Waals surface area contributed by atoms with E-state index in [1.165, 1.54) is 19.4 Å². The highest BCUT2D eigenvalue weighted by molar-refractivity contribution is 4.74. The third-order valence-electron chi connectivity index (χ3n) is 2.22. The molecule has 2 nitrogen and oxygen atoms in total. The summed E-state index contributed by atoms with van der Waals surface area (Å²) < 4.78 is 5.48. The molecule has 0 bridgehead atoms. The van der Waals surface area contributed by atoms with Crippen LogP contribution in [0.2, 0.25) is 0 Å². The van der Waals surface area contributed by atoms with Crippen LogP contribution in [0.5, 0.6) is 0 Å². The van der Waals surface area contributed by atoms with E-state index in [4.69, 9.17) is 4.74 Å². The summed E-state index contributed by atoms with van der Waals surface area (Å²) in [7, 11) is 0. The Balaban J connectivity index is 1.68. The predicted molar refractivity (Wildman–Crippen MR) is 55.9 cm³/mol. The molecule has 0 aromatic rings. The van der Waals surface area contributed by atoms with Gasteiger partial charge in [0.05, 0.1) is 0 Å². The van der Waals surface area contributed by atoms with Gasteiger partial charge in [0.15, 0.2) is 0 Å². The molecule has 13 heavy (non-hydrogen) atoms. The highest BCUT2D eigenvalue weighted by atomic mass is 16.5. The fraction of sp³-hybridized carbons (Fsp3) is 1.00. The molecule has 1 aliphatic carbocycles. The van der Waals surface area contributed by atoms with Crippen LogP contribution >= 0.6 is 0 Å². The van der Waals surface area contributed by atoms with E-state index in [9.17, 15) is 0 Å². The highest BCUT2D eigenvalue weighted by Gasteiger charge is 2.19. The third-order valence-corrected chi connectivity index (χ3v) is 2.22. The molecule has 0 aromatic carbocycles. The monoisotopic (exact) mass is 185 g/mol. The lowest BCUT2D eigenvalue weighted by molar-refractivity contribution is 0.108. The van der Waals surface area contributed by atoms with Crippen LogP contribution in [-0.2, 0) is 4.74 Å². The Bertz CT molecular complexity index is 115. The lowest BCUT2D eigenvalue weighted by Crippen LogP contribution is -2.19. The zero-order valence-electron chi connectivity index (χ0n) is 9.01. The van der Waals surface area contributed by atoms with E-state index in [-0.39, 0.29) is 0 Å². The SMILES string of the molecule is CC(C)COCCCNCC1CC1. The van der Waals surface area contributed by atoms with E-state index in [1.54, 1.807) is 0 Å². The van der Waals surface area contributed by atoms with E-state index >= 15 is 0 Å². The van der Waals surface area contributed by atoms with Crippen molar-refractivity contribution < 1.29 is 4.74 Å². The van der Waals surface area contributed by atoms with Crippen LogP contribution in [0.1, 0.15) is 33.1 Å². The average Bonchev–Trinajstić information content (AvgIpc) is 2.86. The maximum Gasteiger partial charge on any atom is 0.0489 e. The summed E-state index contributed by atoms with van der Waals surface area (Å²) in [5.74, 6) is 1.66. The van der Waals surface area contributed by atoms with Crippen molar-refractivity contribution in [3.05, 3.63) is 0 Å². The molecule has 1 saturated carbocycles. The Hall–Kier alpha value is -0.0800. The van der Waals surface area contributed by atoms with Gasteiger partial charge in [0.2, 0.25) is 0 Å². The number of ether oxygens (including phenoxy) is 1. The van der Waals surface area contributed by atoms with Gasteiger partial charge in [-0.25, -0.2) is 0 Å². The van der Waals surface area contributed by atoms with Gasteiger partial charge in [0.1, 0.15) is 0 Å². The maximum atomic E-state index is 5.48. The minimum atomic E-state index is 0.666. The van der Waals surface area contributed by atoms with Gasteiger partial charge in [-0.1, -0.05) is 13.8 Å². The third kappa shape index (κ3) is 7.03. The second kappa shape index (κ2) is 6.39. The second-order valence-electron chi connectivity index (χ2n) is 4.47. The number of nitrogens with one attached hydrogen (secondary N) is 1. The number of rotatable bonds is 8. The lowest BCUT2D eigenvalue weighted by atomic mass is 10.2. The molecule has 1 aliphatic rings. The van der Waals surface area contributed by atoms with Crippen LogP contribution in [0.3, 0.4) is 0 Å². The smallest absolute Gasteiger partial charge is 0.0489 e. The van der Waals surface area contributed by atoms with Crippen molar-refractivity contribution in [1.29, 1.82) is 0 Å². The molecule has 78 valence electrons. The standard InChI is InChI=1S/C11H23NO/c1-10(2)9-13-7-3-6-12-8-11-4-5-11/h10-12H,3-9H2,1-2H3. The first-order chi connectivity index (χ1) is 6.29. The van der Waals surface area contributed by atoms with Crippen molar-refractivity contribution in [2.45, 2.75) is 33.1 Å². The molecule has 1 N–H and O–H groups in total. The van der Waals surface area contributed by atoms with Crippen molar-refractivity contribution in [2.75, 3.05) is 26.3 Å². The first kappa shape index (κ1) is 11.0. The minimum absolute atomic E-state index is 0.666. The summed E-state index contributed by atoms with van der Waals surface area (Å²) >= 11 is 0. The Kier molecular flexibility index (Phi) is 5.40. The summed E-state index contributed by atoms with van der Waals surface area (Å²) in [5, 5.41) is 3.46. The highest BCUT2D eigenvalue weighted by Crippen LogP contribution is 2.27. The quantitative estimate of drug-likeness (QED) is 0.584. The molecule has 1 rings (SSSR count). The molecule has 0 unspecified atom stereocenters. The fourth-order valence-corrected chi connectivity index (χ4v) is 1.25. The van der Waals surface area contributed by atoms with Crippen molar-refractivity contribution in [2.24, 2.45) is 11.8 Å². The Morgan fingerprint density at radius 1 is 1.38 bits per heavy atom. The topological polar surface area (TPSA) is 21.3 Å². The Morgan fingerprint density at radius 2 is 2.15 bits per heavy atom. The molecule has 0 aromatic heterocycles. The van der Waals surface area contributed by atoms with Crippen molar-refractivity contribution in [3.63, 3.8) is 0 Å². The van der Waals surface area contributed by atoms with E-state index in [0.29, 0.717) is 5.92 Å². The first-order valence-corrected chi connectivity index (χ1v) is 5.57. The molecular weight excluding hydrogens is 162 g/mol. The first-order valence-electron chi connectivity index (χ1n) is 5.57. The molecule has 1 fully saturated rings. The molecule has 0 amide bonds. The van der Waals surface area contributed by atoms with Crippen LogP contribution < -0.4 is 5.32 Å². The van der Waals surface area contributed by atoms with Gasteiger partial charge in [-0.3, -0.25) is 0 Å². The Morgan fingerprint density at radius 3 is 2.77 bits per heavy atom. The summed E-state index contributed by atoms with van der Waals surface area (Å²) in [6.07, 6.45) is 4.03. The van der Waals surface area contributed by atoms with Gasteiger partial charge >= 0.3 is 0 Å². The zero-order chi connectivity index (χ0) is 9.52. The van der Waals surface area contributed by atoms with Gasteiger partial charge in [0.25, 0.3) is 0 Å². The summed E-state index contributed by atoms with van der Waals surface area (Å²) in [6.45, 7) is 8.54. The van der Waals surface area contributed by atoms with E-state index in [2.05, 4.69) is 19.2 Å². The lowest BCUT2D eigenvalue weighted by Gasteiger charge is -2.07. The van der Waals surface area contributed by atoms with Crippen molar-refractivity contribution in [1.82, 2.24) is 5.32 Å². The second-order valence-corrected chi connectivity index (χ2v) is 4.47. The van der Waals surface area contributed by atoms with Crippen LogP contribution in [0.15, 0.2) is 0 Å². The average molecular weight is 185 g/mol.